The van der Waals surface area contributed by atoms with Gasteiger partial charge in [0.25, 0.3) is 0 Å². The van der Waals surface area contributed by atoms with Gasteiger partial charge in [-0.05, 0) is 48.9 Å². The van der Waals surface area contributed by atoms with E-state index in [0.717, 1.165) is 18.6 Å². The summed E-state index contributed by atoms with van der Waals surface area (Å²) in [5.41, 5.74) is 0. The Balaban J connectivity index is 1.94. The van der Waals surface area contributed by atoms with E-state index in [0.29, 0.717) is 28.2 Å². The first-order chi connectivity index (χ1) is 10.2. The Labute approximate surface area is 134 Å². The van der Waals surface area contributed by atoms with Gasteiger partial charge in [0.15, 0.2) is 0 Å². The van der Waals surface area contributed by atoms with Gasteiger partial charge >= 0.3 is 0 Å². The molecular formula is C17H14Cl2O2. The maximum Gasteiger partial charge on any atom is 0.146 e. The molecule has 2 aromatic carbocycles. The van der Waals surface area contributed by atoms with Crippen LogP contribution in [0, 0.1) is 12.3 Å². The Morgan fingerprint density at radius 2 is 1.71 bits per heavy atom. The van der Waals surface area contributed by atoms with Gasteiger partial charge in [-0.1, -0.05) is 23.2 Å². The van der Waals surface area contributed by atoms with Crippen LogP contribution in [-0.2, 0) is 0 Å². The maximum atomic E-state index is 6.06. The van der Waals surface area contributed by atoms with Crippen LogP contribution in [-0.4, -0.2) is 6.61 Å². The van der Waals surface area contributed by atoms with E-state index in [1.165, 1.54) is 0 Å². The lowest BCUT2D eigenvalue weighted by molar-refractivity contribution is 0.312. The minimum Gasteiger partial charge on any atom is -0.494 e. The van der Waals surface area contributed by atoms with Crippen LogP contribution in [0.5, 0.6) is 17.2 Å². The number of terminal acetylenes is 1. The molecule has 0 N–H and O–H groups in total. The minimum absolute atomic E-state index is 0.470. The van der Waals surface area contributed by atoms with E-state index in [-0.39, 0.29) is 0 Å². The molecule has 0 radical (unpaired) electrons. The summed E-state index contributed by atoms with van der Waals surface area (Å²) >= 11 is 11.9. The molecule has 0 fully saturated rings. The van der Waals surface area contributed by atoms with Gasteiger partial charge in [0.1, 0.15) is 17.2 Å². The molecule has 0 saturated carbocycles. The Bertz CT molecular complexity index is 630. The van der Waals surface area contributed by atoms with Crippen molar-refractivity contribution in [1.82, 2.24) is 0 Å². The molecule has 0 aliphatic heterocycles. The normalized spacial score (nSPS) is 9.95. The number of benzene rings is 2. The topological polar surface area (TPSA) is 18.5 Å². The largest absolute Gasteiger partial charge is 0.494 e. The van der Waals surface area contributed by atoms with Crippen LogP contribution in [0.3, 0.4) is 0 Å². The van der Waals surface area contributed by atoms with Crippen LogP contribution in [0.1, 0.15) is 12.8 Å². The fourth-order valence-electron chi connectivity index (χ4n) is 1.65. The van der Waals surface area contributed by atoms with Crippen LogP contribution < -0.4 is 9.47 Å². The van der Waals surface area contributed by atoms with Gasteiger partial charge in [-0.15, -0.1) is 12.3 Å². The predicted molar refractivity (Wildman–Crippen MR) is 86.5 cm³/mol. The zero-order valence-electron chi connectivity index (χ0n) is 11.3. The highest BCUT2D eigenvalue weighted by Crippen LogP contribution is 2.32. The third-order valence-corrected chi connectivity index (χ3v) is 3.21. The summed E-state index contributed by atoms with van der Waals surface area (Å²) in [5, 5.41) is 1.04. The van der Waals surface area contributed by atoms with E-state index in [4.69, 9.17) is 39.1 Å². The Kier molecular flexibility index (Phi) is 5.80. The van der Waals surface area contributed by atoms with E-state index in [1.54, 1.807) is 18.2 Å². The number of unbranched alkanes of at least 4 members (excludes halogenated alkanes) is 1. The number of hydrogen-bond acceptors (Lipinski definition) is 2. The van der Waals surface area contributed by atoms with Crippen molar-refractivity contribution in [3.8, 4) is 29.6 Å². The molecule has 0 aromatic heterocycles. The molecule has 2 rings (SSSR count). The molecule has 0 saturated heterocycles. The second-order valence-electron chi connectivity index (χ2n) is 4.30. The summed E-state index contributed by atoms with van der Waals surface area (Å²) in [5.74, 6) is 4.59. The van der Waals surface area contributed by atoms with E-state index in [9.17, 15) is 0 Å². The summed E-state index contributed by atoms with van der Waals surface area (Å²) in [6.45, 7) is 0.605. The monoisotopic (exact) mass is 320 g/mol. The average molecular weight is 321 g/mol. The molecule has 0 bridgehead atoms. The van der Waals surface area contributed by atoms with E-state index < -0.39 is 0 Å². The molecule has 0 atom stereocenters. The number of hydrogen-bond donors (Lipinski definition) is 0. The fraction of sp³-hybridized carbons (Fsp3) is 0.176. The summed E-state index contributed by atoms with van der Waals surface area (Å²) in [6.07, 6.45) is 6.74. The molecule has 0 heterocycles. The molecule has 4 heteroatoms. The quantitative estimate of drug-likeness (QED) is 0.511. The summed E-state index contributed by atoms with van der Waals surface area (Å²) in [7, 11) is 0. The molecule has 108 valence electrons. The summed E-state index contributed by atoms with van der Waals surface area (Å²) < 4.78 is 11.2. The minimum atomic E-state index is 0.470. The van der Waals surface area contributed by atoms with E-state index in [2.05, 4.69) is 5.92 Å². The second kappa shape index (κ2) is 7.83. The molecule has 0 amide bonds. The van der Waals surface area contributed by atoms with Gasteiger partial charge in [0, 0.05) is 11.4 Å². The van der Waals surface area contributed by atoms with Gasteiger partial charge in [-0.2, -0.15) is 0 Å². The first kappa shape index (κ1) is 15.6. The second-order valence-corrected chi connectivity index (χ2v) is 5.15. The first-order valence-electron chi connectivity index (χ1n) is 6.48. The van der Waals surface area contributed by atoms with Gasteiger partial charge in [0.05, 0.1) is 11.6 Å². The van der Waals surface area contributed by atoms with Crippen LogP contribution in [0.4, 0.5) is 0 Å². The van der Waals surface area contributed by atoms with Crippen LogP contribution in [0.2, 0.25) is 10.0 Å². The van der Waals surface area contributed by atoms with Gasteiger partial charge < -0.3 is 9.47 Å². The lowest BCUT2D eigenvalue weighted by atomic mass is 10.3. The molecule has 21 heavy (non-hydrogen) atoms. The highest BCUT2D eigenvalue weighted by molar-refractivity contribution is 6.35. The zero-order chi connectivity index (χ0) is 15.1. The number of rotatable bonds is 6. The van der Waals surface area contributed by atoms with Crippen molar-refractivity contribution >= 4 is 23.2 Å². The van der Waals surface area contributed by atoms with Crippen molar-refractivity contribution in [2.24, 2.45) is 0 Å². The molecule has 0 aliphatic rings. The highest BCUT2D eigenvalue weighted by atomic mass is 35.5. The van der Waals surface area contributed by atoms with E-state index >= 15 is 0 Å². The first-order valence-corrected chi connectivity index (χ1v) is 7.24. The molecular weight excluding hydrogens is 307 g/mol. The van der Waals surface area contributed by atoms with Gasteiger partial charge in [-0.25, -0.2) is 0 Å². The van der Waals surface area contributed by atoms with Crippen molar-refractivity contribution in [3.05, 3.63) is 52.5 Å². The SMILES string of the molecule is C#CCCCOc1ccc(Oc2ccc(Cl)cc2Cl)cc1. The number of ether oxygens (including phenoxy) is 2. The summed E-state index contributed by atoms with van der Waals surface area (Å²) in [6, 6.07) is 12.4. The Hall–Kier alpha value is -1.82. The molecule has 0 aliphatic carbocycles. The third kappa shape index (κ3) is 4.90. The fourth-order valence-corrected chi connectivity index (χ4v) is 2.10. The molecule has 2 nitrogen and oxygen atoms in total. The number of halogens is 2. The molecule has 0 unspecified atom stereocenters. The maximum absolute atomic E-state index is 6.06. The molecule has 0 spiro atoms. The van der Waals surface area contributed by atoms with Crippen molar-refractivity contribution < 1.29 is 9.47 Å². The summed E-state index contributed by atoms with van der Waals surface area (Å²) in [4.78, 5) is 0. The van der Waals surface area contributed by atoms with Crippen LogP contribution >= 0.6 is 23.2 Å². The van der Waals surface area contributed by atoms with Crippen LogP contribution in [0.25, 0.3) is 0 Å². The van der Waals surface area contributed by atoms with Crippen molar-refractivity contribution in [2.45, 2.75) is 12.8 Å². The Morgan fingerprint density at radius 3 is 2.38 bits per heavy atom. The average Bonchev–Trinajstić information content (AvgIpc) is 2.48. The lowest BCUT2D eigenvalue weighted by Crippen LogP contribution is -1.96. The van der Waals surface area contributed by atoms with Crippen molar-refractivity contribution in [2.75, 3.05) is 6.61 Å². The van der Waals surface area contributed by atoms with Crippen molar-refractivity contribution in [3.63, 3.8) is 0 Å². The lowest BCUT2D eigenvalue weighted by Gasteiger charge is -2.09. The highest BCUT2D eigenvalue weighted by Gasteiger charge is 2.04. The Morgan fingerprint density at radius 1 is 1.00 bits per heavy atom. The zero-order valence-corrected chi connectivity index (χ0v) is 12.8. The van der Waals surface area contributed by atoms with Gasteiger partial charge in [-0.3, -0.25) is 0 Å². The third-order valence-electron chi connectivity index (χ3n) is 2.68. The van der Waals surface area contributed by atoms with Gasteiger partial charge in [0.2, 0.25) is 0 Å². The predicted octanol–water partition coefficient (Wildman–Crippen LogP) is 5.58. The van der Waals surface area contributed by atoms with Crippen molar-refractivity contribution in [1.29, 1.82) is 0 Å². The molecule has 2 aromatic rings. The van der Waals surface area contributed by atoms with E-state index in [1.807, 2.05) is 24.3 Å². The smallest absolute Gasteiger partial charge is 0.146 e. The standard InChI is InChI=1S/C17H14Cl2O2/c1-2-3-4-11-20-14-6-8-15(9-7-14)21-17-10-5-13(18)12-16(17)19/h1,5-10,12H,3-4,11H2. The van der Waals surface area contributed by atoms with Crippen LogP contribution in [0.15, 0.2) is 42.5 Å².